The van der Waals surface area contributed by atoms with Crippen molar-refractivity contribution in [3.63, 3.8) is 0 Å². The Balaban J connectivity index is 1.38. The van der Waals surface area contributed by atoms with E-state index in [0.29, 0.717) is 11.5 Å². The fraction of sp³-hybridized carbons (Fsp3) is 0.556. The van der Waals surface area contributed by atoms with Crippen molar-refractivity contribution < 1.29 is 9.32 Å². The number of aromatic nitrogens is 3. The number of carbonyl (C=O) groups is 1. The van der Waals surface area contributed by atoms with Gasteiger partial charge in [0.05, 0.1) is 0 Å². The first-order valence-corrected chi connectivity index (χ1v) is 9.02. The smallest absolute Gasteiger partial charge is 0.273 e. The molecule has 1 fully saturated rings. The maximum absolute atomic E-state index is 12.2. The summed E-state index contributed by atoms with van der Waals surface area (Å²) in [6.45, 7) is 3.57. The summed E-state index contributed by atoms with van der Waals surface area (Å²) in [6, 6.07) is 1.83. The normalized spacial score (nSPS) is 18.0. The quantitative estimate of drug-likeness (QED) is 0.920. The van der Waals surface area contributed by atoms with E-state index in [1.54, 1.807) is 19.3 Å². The molecule has 3 heterocycles. The van der Waals surface area contributed by atoms with Crippen LogP contribution < -0.4 is 10.2 Å². The summed E-state index contributed by atoms with van der Waals surface area (Å²) in [5.74, 6) is 1.59. The molecule has 1 aliphatic carbocycles. The van der Waals surface area contributed by atoms with Crippen LogP contribution in [0, 0.1) is 6.92 Å². The van der Waals surface area contributed by atoms with E-state index in [9.17, 15) is 4.79 Å². The number of nitrogens with zero attached hydrogens (tertiary/aromatic N) is 4. The second-order valence-corrected chi connectivity index (χ2v) is 6.89. The molecular weight excluding hydrogens is 318 g/mol. The molecule has 25 heavy (non-hydrogen) atoms. The minimum absolute atomic E-state index is 0.158. The van der Waals surface area contributed by atoms with Crippen molar-refractivity contribution in [1.82, 2.24) is 20.4 Å². The maximum atomic E-state index is 12.2. The Bertz CT molecular complexity index is 765. The summed E-state index contributed by atoms with van der Waals surface area (Å²) in [7, 11) is 0. The van der Waals surface area contributed by atoms with Crippen LogP contribution in [0.4, 0.5) is 5.82 Å². The number of piperidine rings is 1. The van der Waals surface area contributed by atoms with Crippen LogP contribution >= 0.6 is 0 Å². The number of amides is 1. The highest BCUT2D eigenvalue weighted by Gasteiger charge is 2.26. The van der Waals surface area contributed by atoms with Crippen molar-refractivity contribution >= 4 is 11.7 Å². The predicted octanol–water partition coefficient (Wildman–Crippen LogP) is 2.05. The van der Waals surface area contributed by atoms with Gasteiger partial charge in [-0.05, 0) is 45.4 Å². The van der Waals surface area contributed by atoms with Gasteiger partial charge >= 0.3 is 0 Å². The first-order chi connectivity index (χ1) is 12.2. The van der Waals surface area contributed by atoms with Gasteiger partial charge in [0.15, 0.2) is 5.69 Å². The van der Waals surface area contributed by atoms with Crippen molar-refractivity contribution in [2.75, 3.05) is 18.0 Å². The van der Waals surface area contributed by atoms with Crippen LogP contribution in [0.15, 0.2) is 16.9 Å². The van der Waals surface area contributed by atoms with Crippen molar-refractivity contribution in [3.05, 3.63) is 35.1 Å². The van der Waals surface area contributed by atoms with Gasteiger partial charge in [-0.3, -0.25) is 4.79 Å². The molecule has 1 N–H and O–H groups in total. The van der Waals surface area contributed by atoms with E-state index in [0.717, 1.165) is 44.6 Å². The highest BCUT2D eigenvalue weighted by Crippen LogP contribution is 2.28. The minimum atomic E-state index is -0.158. The zero-order valence-electron chi connectivity index (χ0n) is 14.5. The summed E-state index contributed by atoms with van der Waals surface area (Å²) in [5, 5.41) is 6.84. The van der Waals surface area contributed by atoms with E-state index < -0.39 is 0 Å². The number of anilines is 1. The second kappa shape index (κ2) is 6.82. The van der Waals surface area contributed by atoms with E-state index in [2.05, 4.69) is 25.3 Å². The van der Waals surface area contributed by atoms with Gasteiger partial charge in [-0.25, -0.2) is 9.97 Å². The number of carbonyl (C=O) groups excluding carboxylic acids is 1. The Labute approximate surface area is 146 Å². The van der Waals surface area contributed by atoms with Crippen LogP contribution in [0.2, 0.25) is 0 Å². The van der Waals surface area contributed by atoms with Gasteiger partial charge in [0.25, 0.3) is 5.91 Å². The van der Waals surface area contributed by atoms with Gasteiger partial charge in [0.1, 0.15) is 17.9 Å². The second-order valence-electron chi connectivity index (χ2n) is 6.89. The molecule has 0 bridgehead atoms. The minimum Gasteiger partial charge on any atom is -0.361 e. The molecule has 0 atom stereocenters. The topological polar surface area (TPSA) is 84.2 Å². The summed E-state index contributed by atoms with van der Waals surface area (Å²) >= 11 is 0. The van der Waals surface area contributed by atoms with E-state index in [4.69, 9.17) is 4.52 Å². The first-order valence-electron chi connectivity index (χ1n) is 9.02. The average molecular weight is 341 g/mol. The van der Waals surface area contributed by atoms with Crippen molar-refractivity contribution in [2.24, 2.45) is 0 Å². The van der Waals surface area contributed by atoms with E-state index in [1.165, 1.54) is 24.1 Å². The number of hydrogen-bond donors (Lipinski definition) is 1. The number of hydrogen-bond acceptors (Lipinski definition) is 6. The standard InChI is InChI=1S/C18H23N5O2/c1-12-10-16(22-25-12)18(24)21-13-6-8-23(9-7-13)17-14-4-2-3-5-15(14)19-11-20-17/h10-11,13H,2-9H2,1H3,(H,21,24). The molecule has 2 aromatic rings. The molecule has 2 aromatic heterocycles. The molecule has 1 amide bonds. The van der Waals surface area contributed by atoms with E-state index in [1.807, 2.05) is 0 Å². The predicted molar refractivity (Wildman–Crippen MR) is 92.6 cm³/mol. The average Bonchev–Trinajstić information content (AvgIpc) is 3.08. The van der Waals surface area contributed by atoms with E-state index in [-0.39, 0.29) is 11.9 Å². The van der Waals surface area contributed by atoms with Crippen LogP contribution in [0.1, 0.15) is 53.2 Å². The van der Waals surface area contributed by atoms with Crippen LogP contribution in [0.3, 0.4) is 0 Å². The van der Waals surface area contributed by atoms with Crippen molar-refractivity contribution in [1.29, 1.82) is 0 Å². The molecule has 0 spiro atoms. The highest BCUT2D eigenvalue weighted by molar-refractivity contribution is 5.92. The zero-order chi connectivity index (χ0) is 17.2. The Hall–Kier alpha value is -2.44. The third-order valence-corrected chi connectivity index (χ3v) is 5.09. The molecule has 0 aromatic carbocycles. The molecule has 1 saturated heterocycles. The van der Waals surface area contributed by atoms with Crippen molar-refractivity contribution in [2.45, 2.75) is 51.5 Å². The monoisotopic (exact) mass is 341 g/mol. The summed E-state index contributed by atoms with van der Waals surface area (Å²) < 4.78 is 4.97. The number of aryl methyl sites for hydroxylation is 2. The Morgan fingerprint density at radius 2 is 2.04 bits per heavy atom. The molecule has 0 saturated carbocycles. The van der Waals surface area contributed by atoms with Gasteiger partial charge < -0.3 is 14.7 Å². The lowest BCUT2D eigenvalue weighted by atomic mass is 9.95. The lowest BCUT2D eigenvalue weighted by Gasteiger charge is -2.34. The largest absolute Gasteiger partial charge is 0.361 e. The molecule has 0 unspecified atom stereocenters. The summed E-state index contributed by atoms with van der Waals surface area (Å²) in [6.07, 6.45) is 8.08. The van der Waals surface area contributed by atoms with Crippen molar-refractivity contribution in [3.8, 4) is 0 Å². The summed E-state index contributed by atoms with van der Waals surface area (Å²) in [5.41, 5.74) is 2.90. The van der Waals surface area contributed by atoms with Gasteiger partial charge in [0.2, 0.25) is 0 Å². The Morgan fingerprint density at radius 1 is 1.24 bits per heavy atom. The fourth-order valence-electron chi connectivity index (χ4n) is 3.74. The third-order valence-electron chi connectivity index (χ3n) is 5.09. The van der Waals surface area contributed by atoms with Gasteiger partial charge in [-0.2, -0.15) is 0 Å². The summed E-state index contributed by atoms with van der Waals surface area (Å²) in [4.78, 5) is 23.6. The molecule has 7 heteroatoms. The lowest BCUT2D eigenvalue weighted by molar-refractivity contribution is 0.0922. The molecule has 1 aliphatic heterocycles. The maximum Gasteiger partial charge on any atom is 0.273 e. The third kappa shape index (κ3) is 3.36. The van der Waals surface area contributed by atoms with Gasteiger partial charge in [-0.1, -0.05) is 5.16 Å². The first kappa shape index (κ1) is 16.1. The molecular formula is C18H23N5O2. The molecule has 2 aliphatic rings. The number of fused-ring (bicyclic) bond motifs is 1. The van der Waals surface area contributed by atoms with Crippen LogP contribution in [0.25, 0.3) is 0 Å². The molecule has 132 valence electrons. The fourth-order valence-corrected chi connectivity index (χ4v) is 3.74. The van der Waals surface area contributed by atoms with Crippen LogP contribution in [-0.2, 0) is 12.8 Å². The SMILES string of the molecule is Cc1cc(C(=O)NC2CCN(c3ncnc4c3CCCC4)CC2)no1. The molecule has 7 nitrogen and oxygen atoms in total. The highest BCUT2D eigenvalue weighted by atomic mass is 16.5. The van der Waals surface area contributed by atoms with Crippen LogP contribution in [0.5, 0.6) is 0 Å². The molecule has 0 radical (unpaired) electrons. The Kier molecular flexibility index (Phi) is 4.38. The van der Waals surface area contributed by atoms with E-state index >= 15 is 0 Å². The lowest BCUT2D eigenvalue weighted by Crippen LogP contribution is -2.45. The van der Waals surface area contributed by atoms with Gasteiger partial charge in [0, 0.05) is 36.5 Å². The number of rotatable bonds is 3. The number of nitrogens with one attached hydrogen (secondary N) is 1. The van der Waals surface area contributed by atoms with Crippen LogP contribution in [-0.4, -0.2) is 40.2 Å². The zero-order valence-corrected chi connectivity index (χ0v) is 14.5. The van der Waals surface area contributed by atoms with Gasteiger partial charge in [-0.15, -0.1) is 0 Å². The molecule has 4 rings (SSSR count). The Morgan fingerprint density at radius 3 is 2.80 bits per heavy atom.